The van der Waals surface area contributed by atoms with Crippen LogP contribution in [0.1, 0.15) is 37.4 Å². The maximum atomic E-state index is 13.8. The lowest BCUT2D eigenvalue weighted by Crippen LogP contribution is -2.76. The number of thioether (sulfide) groups is 1. The summed E-state index contributed by atoms with van der Waals surface area (Å²) in [6, 6.07) is 18.6. The molecular formula is C27H35N5O3S. The molecule has 4 rings (SSSR count). The van der Waals surface area contributed by atoms with Gasteiger partial charge in [0.05, 0.1) is 19.1 Å². The van der Waals surface area contributed by atoms with Crippen molar-refractivity contribution in [3.63, 3.8) is 0 Å². The van der Waals surface area contributed by atoms with Gasteiger partial charge in [-0.3, -0.25) is 9.59 Å². The molecule has 4 amide bonds. The molecule has 3 atom stereocenters. The quantitative estimate of drug-likeness (QED) is 0.591. The van der Waals surface area contributed by atoms with Crippen molar-refractivity contribution in [1.29, 1.82) is 0 Å². The van der Waals surface area contributed by atoms with E-state index < -0.39 is 12.2 Å². The van der Waals surface area contributed by atoms with Crippen LogP contribution < -0.4 is 5.32 Å². The van der Waals surface area contributed by atoms with E-state index in [0.717, 1.165) is 16.9 Å². The fourth-order valence-corrected chi connectivity index (χ4v) is 5.50. The van der Waals surface area contributed by atoms with Crippen LogP contribution in [0.3, 0.4) is 0 Å². The smallest absolute Gasteiger partial charge is 0.333 e. The number of hydrogen-bond donors (Lipinski definition) is 1. The average molecular weight is 510 g/mol. The number of hydrazine groups is 1. The molecule has 0 aromatic heterocycles. The number of benzene rings is 2. The molecule has 0 aliphatic carbocycles. The van der Waals surface area contributed by atoms with Gasteiger partial charge in [0.25, 0.3) is 0 Å². The Bertz CT molecular complexity index is 1050. The standard InChI is InChI=1S/C27H35N5O3S/c1-4-29-19-25(33)31-23(15-16-36-3)26(34)30(20(2)22-13-9-6-10-14-22)18-24(31)32(29)27(35)28-17-21-11-7-5-8-12-21/h5-14,20,23-24H,4,15-19H2,1-3H3,(H,28,35)/t20-,23-,24-/m0/s1. The Labute approximate surface area is 217 Å². The molecule has 2 saturated heterocycles. The van der Waals surface area contributed by atoms with Crippen molar-refractivity contribution in [3.05, 3.63) is 71.8 Å². The summed E-state index contributed by atoms with van der Waals surface area (Å²) in [6.07, 6.45) is 1.97. The van der Waals surface area contributed by atoms with Crippen LogP contribution in [0.25, 0.3) is 0 Å². The highest BCUT2D eigenvalue weighted by Crippen LogP contribution is 2.33. The van der Waals surface area contributed by atoms with Gasteiger partial charge in [0.15, 0.2) is 0 Å². The Balaban J connectivity index is 1.65. The zero-order valence-electron chi connectivity index (χ0n) is 21.2. The van der Waals surface area contributed by atoms with E-state index in [-0.39, 0.29) is 37.0 Å². The summed E-state index contributed by atoms with van der Waals surface area (Å²) in [4.78, 5) is 44.2. The molecule has 192 valence electrons. The Hall–Kier alpha value is -3.04. The largest absolute Gasteiger partial charge is 0.334 e. The van der Waals surface area contributed by atoms with E-state index in [1.54, 1.807) is 26.7 Å². The molecule has 2 aromatic carbocycles. The maximum absolute atomic E-state index is 13.8. The van der Waals surface area contributed by atoms with Gasteiger partial charge < -0.3 is 15.1 Å². The van der Waals surface area contributed by atoms with E-state index >= 15 is 0 Å². The third-order valence-corrected chi connectivity index (χ3v) is 7.63. The number of rotatable bonds is 8. The van der Waals surface area contributed by atoms with Crippen molar-refractivity contribution in [2.75, 3.05) is 31.6 Å². The van der Waals surface area contributed by atoms with Gasteiger partial charge in [-0.1, -0.05) is 67.6 Å². The predicted molar refractivity (Wildman–Crippen MR) is 142 cm³/mol. The topological polar surface area (TPSA) is 76.2 Å². The molecule has 2 heterocycles. The average Bonchev–Trinajstić information content (AvgIpc) is 2.91. The summed E-state index contributed by atoms with van der Waals surface area (Å²) in [7, 11) is 0. The zero-order valence-corrected chi connectivity index (χ0v) is 22.0. The van der Waals surface area contributed by atoms with Gasteiger partial charge in [-0.05, 0) is 36.5 Å². The zero-order chi connectivity index (χ0) is 25.7. The molecule has 0 bridgehead atoms. The number of nitrogens with zero attached hydrogens (tertiary/aromatic N) is 4. The van der Waals surface area contributed by atoms with Crippen LogP contribution in [0, 0.1) is 0 Å². The van der Waals surface area contributed by atoms with E-state index in [1.165, 1.54) is 0 Å². The number of likely N-dealkylation sites (N-methyl/N-ethyl adjacent to an activating group) is 1. The molecule has 0 spiro atoms. The third kappa shape index (κ3) is 5.37. The molecule has 8 nitrogen and oxygen atoms in total. The van der Waals surface area contributed by atoms with E-state index in [4.69, 9.17) is 0 Å². The second-order valence-electron chi connectivity index (χ2n) is 9.13. The fourth-order valence-electron chi connectivity index (χ4n) is 5.04. The minimum absolute atomic E-state index is 0.0559. The van der Waals surface area contributed by atoms with Crippen LogP contribution in [0.15, 0.2) is 60.7 Å². The Morgan fingerprint density at radius 3 is 2.39 bits per heavy atom. The first-order chi connectivity index (χ1) is 17.5. The number of carbonyl (C=O) groups excluding carboxylic acids is 3. The molecule has 9 heteroatoms. The molecule has 0 radical (unpaired) electrons. The van der Waals surface area contributed by atoms with Crippen molar-refractivity contribution >= 4 is 29.6 Å². The van der Waals surface area contributed by atoms with Gasteiger partial charge in [-0.2, -0.15) is 11.8 Å². The summed E-state index contributed by atoms with van der Waals surface area (Å²) in [6.45, 7) is 5.16. The lowest BCUT2D eigenvalue weighted by atomic mass is 9.99. The minimum Gasteiger partial charge on any atom is -0.333 e. The highest BCUT2D eigenvalue weighted by molar-refractivity contribution is 7.98. The molecule has 2 aliphatic heterocycles. The third-order valence-electron chi connectivity index (χ3n) is 6.98. The Morgan fingerprint density at radius 1 is 1.08 bits per heavy atom. The van der Waals surface area contributed by atoms with E-state index in [1.807, 2.05) is 85.7 Å². The van der Waals surface area contributed by atoms with Crippen LogP contribution in [0.5, 0.6) is 0 Å². The predicted octanol–water partition coefficient (Wildman–Crippen LogP) is 3.33. The molecule has 0 unspecified atom stereocenters. The van der Waals surface area contributed by atoms with Gasteiger partial charge in [-0.25, -0.2) is 14.8 Å². The highest BCUT2D eigenvalue weighted by Gasteiger charge is 2.51. The van der Waals surface area contributed by atoms with Gasteiger partial charge in [0.2, 0.25) is 11.8 Å². The van der Waals surface area contributed by atoms with Crippen molar-refractivity contribution in [2.24, 2.45) is 0 Å². The van der Waals surface area contributed by atoms with E-state index in [0.29, 0.717) is 19.5 Å². The first kappa shape index (κ1) is 26.0. The first-order valence-electron chi connectivity index (χ1n) is 12.5. The highest BCUT2D eigenvalue weighted by atomic mass is 32.2. The second kappa shape index (κ2) is 11.8. The van der Waals surface area contributed by atoms with Gasteiger partial charge >= 0.3 is 6.03 Å². The summed E-state index contributed by atoms with van der Waals surface area (Å²) >= 11 is 1.65. The Kier molecular flexibility index (Phi) is 8.53. The van der Waals surface area contributed by atoms with E-state index in [2.05, 4.69) is 5.32 Å². The number of amides is 4. The van der Waals surface area contributed by atoms with Crippen molar-refractivity contribution in [2.45, 2.75) is 45.1 Å². The van der Waals surface area contributed by atoms with Crippen molar-refractivity contribution < 1.29 is 14.4 Å². The summed E-state index contributed by atoms with van der Waals surface area (Å²) in [5.41, 5.74) is 2.02. The van der Waals surface area contributed by atoms with Crippen LogP contribution in [-0.2, 0) is 16.1 Å². The lowest BCUT2D eigenvalue weighted by Gasteiger charge is -2.56. The second-order valence-corrected chi connectivity index (χ2v) is 10.1. The van der Waals surface area contributed by atoms with Crippen molar-refractivity contribution in [1.82, 2.24) is 25.1 Å². The monoisotopic (exact) mass is 509 g/mol. The van der Waals surface area contributed by atoms with Gasteiger partial charge in [-0.15, -0.1) is 0 Å². The summed E-state index contributed by atoms with van der Waals surface area (Å²) in [5.74, 6) is 0.582. The minimum atomic E-state index is -0.599. The van der Waals surface area contributed by atoms with Crippen molar-refractivity contribution in [3.8, 4) is 0 Å². The molecule has 1 N–H and O–H groups in total. The SMILES string of the molecule is CCN1CC(=O)N2[C@@H](CCSC)C(=O)N([C@@H](C)c3ccccc3)C[C@@H]2N1C(=O)NCc1ccccc1. The number of fused-ring (bicyclic) bond motifs is 1. The molecule has 2 aliphatic rings. The number of nitrogens with one attached hydrogen (secondary N) is 1. The van der Waals surface area contributed by atoms with Gasteiger partial charge in [0, 0.05) is 13.1 Å². The summed E-state index contributed by atoms with van der Waals surface area (Å²) in [5, 5.41) is 6.47. The van der Waals surface area contributed by atoms with Crippen LogP contribution in [-0.4, -0.2) is 81.5 Å². The number of piperazine rings is 1. The van der Waals surface area contributed by atoms with Gasteiger partial charge in [0.1, 0.15) is 12.2 Å². The molecule has 2 aromatic rings. The normalized spacial score (nSPS) is 21.4. The molecular weight excluding hydrogens is 474 g/mol. The van der Waals surface area contributed by atoms with Crippen LogP contribution in [0.2, 0.25) is 0 Å². The fraction of sp³-hybridized carbons (Fsp3) is 0.444. The molecule has 2 fully saturated rings. The maximum Gasteiger partial charge on any atom is 0.334 e. The Morgan fingerprint density at radius 2 is 1.75 bits per heavy atom. The first-order valence-corrected chi connectivity index (χ1v) is 13.9. The van der Waals surface area contributed by atoms with Crippen LogP contribution in [0.4, 0.5) is 4.79 Å². The number of hydrogen-bond acceptors (Lipinski definition) is 5. The summed E-state index contributed by atoms with van der Waals surface area (Å²) < 4.78 is 0. The molecule has 36 heavy (non-hydrogen) atoms. The lowest BCUT2D eigenvalue weighted by molar-refractivity contribution is -0.192. The number of carbonyl (C=O) groups is 3. The van der Waals surface area contributed by atoms with E-state index in [9.17, 15) is 14.4 Å². The molecule has 0 saturated carbocycles. The number of urea groups is 1. The van der Waals surface area contributed by atoms with Crippen LogP contribution >= 0.6 is 11.8 Å².